The van der Waals surface area contributed by atoms with Gasteiger partial charge in [0.05, 0.1) is 5.02 Å². The third kappa shape index (κ3) is 4.50. The Balaban J connectivity index is 1.86. The van der Waals surface area contributed by atoms with Gasteiger partial charge in [0.2, 0.25) is 10.0 Å². The zero-order valence-electron chi connectivity index (χ0n) is 15.6. The molecule has 150 valence electrons. The Labute approximate surface area is 175 Å². The van der Waals surface area contributed by atoms with Crippen molar-refractivity contribution in [3.05, 3.63) is 57.6 Å². The topological polar surface area (TPSA) is 69.7 Å². The molecule has 0 spiro atoms. The summed E-state index contributed by atoms with van der Waals surface area (Å²) in [5, 5.41) is 3.35. The molecule has 6 nitrogen and oxygen atoms in total. The second-order valence-electron chi connectivity index (χ2n) is 6.77. The summed E-state index contributed by atoms with van der Waals surface area (Å²) in [6.07, 6.45) is 0. The number of anilines is 1. The van der Waals surface area contributed by atoms with Crippen LogP contribution in [0.3, 0.4) is 0 Å². The molecular weight excluding hydrogens is 421 g/mol. The molecule has 9 heteroatoms. The molecule has 1 N–H and O–H groups in total. The minimum absolute atomic E-state index is 0.0618. The highest BCUT2D eigenvalue weighted by molar-refractivity contribution is 7.89. The molecule has 3 rings (SSSR count). The molecule has 28 heavy (non-hydrogen) atoms. The maximum atomic E-state index is 13.0. The van der Waals surface area contributed by atoms with E-state index in [0.29, 0.717) is 36.9 Å². The van der Waals surface area contributed by atoms with Crippen LogP contribution in [-0.2, 0) is 10.0 Å². The number of piperazine rings is 1. The summed E-state index contributed by atoms with van der Waals surface area (Å²) in [5.41, 5.74) is 1.62. The van der Waals surface area contributed by atoms with Gasteiger partial charge in [-0.25, -0.2) is 8.42 Å². The number of rotatable bonds is 4. The SMILES string of the molecule is Cc1ccc(NC(=O)c2ccc(Cl)c(S(=O)(=O)N3CCN(C)CC3)c2)cc1Cl. The minimum atomic E-state index is -3.78. The van der Waals surface area contributed by atoms with Gasteiger partial charge in [-0.15, -0.1) is 0 Å². The van der Waals surface area contributed by atoms with E-state index >= 15 is 0 Å². The Morgan fingerprint density at radius 1 is 1.00 bits per heavy atom. The molecule has 0 atom stereocenters. The minimum Gasteiger partial charge on any atom is -0.322 e. The van der Waals surface area contributed by atoms with Crippen LogP contribution in [0.5, 0.6) is 0 Å². The van der Waals surface area contributed by atoms with Crippen molar-refractivity contribution >= 4 is 44.8 Å². The van der Waals surface area contributed by atoms with Gasteiger partial charge in [0.1, 0.15) is 4.90 Å². The standard InChI is InChI=1S/C19H21Cl2N3O3S/c1-13-3-5-15(12-17(13)21)22-19(25)14-4-6-16(20)18(11-14)28(26,27)24-9-7-23(2)8-10-24/h3-6,11-12H,7-10H2,1-2H3,(H,22,25). The average Bonchev–Trinajstić information content (AvgIpc) is 2.65. The number of benzene rings is 2. The molecule has 1 amide bonds. The fraction of sp³-hybridized carbons (Fsp3) is 0.316. The van der Waals surface area contributed by atoms with Crippen LogP contribution in [0.15, 0.2) is 41.3 Å². The van der Waals surface area contributed by atoms with Crippen LogP contribution in [-0.4, -0.2) is 56.8 Å². The van der Waals surface area contributed by atoms with Crippen LogP contribution in [0, 0.1) is 6.92 Å². The molecule has 1 aliphatic rings. The number of halogens is 2. The second-order valence-corrected chi connectivity index (χ2v) is 9.49. The van der Waals surface area contributed by atoms with Crippen LogP contribution < -0.4 is 5.32 Å². The maximum Gasteiger partial charge on any atom is 0.255 e. The van der Waals surface area contributed by atoms with Crippen molar-refractivity contribution in [1.82, 2.24) is 9.21 Å². The number of nitrogens with zero attached hydrogens (tertiary/aromatic N) is 2. The zero-order chi connectivity index (χ0) is 20.5. The molecule has 0 aliphatic carbocycles. The van der Waals surface area contributed by atoms with Gasteiger partial charge in [-0.1, -0.05) is 29.3 Å². The van der Waals surface area contributed by atoms with E-state index in [1.807, 2.05) is 14.0 Å². The number of aryl methyl sites for hydroxylation is 1. The highest BCUT2D eigenvalue weighted by Gasteiger charge is 2.30. The van der Waals surface area contributed by atoms with Crippen molar-refractivity contribution in [3.8, 4) is 0 Å². The van der Waals surface area contributed by atoms with E-state index in [1.165, 1.54) is 22.5 Å². The Morgan fingerprint density at radius 3 is 2.32 bits per heavy atom. The van der Waals surface area contributed by atoms with Gasteiger partial charge in [0.25, 0.3) is 5.91 Å². The maximum absolute atomic E-state index is 13.0. The summed E-state index contributed by atoms with van der Waals surface area (Å²) in [6, 6.07) is 9.42. The van der Waals surface area contributed by atoms with Crippen LogP contribution in [0.4, 0.5) is 5.69 Å². The van der Waals surface area contributed by atoms with Gasteiger partial charge in [-0.05, 0) is 49.9 Å². The highest BCUT2D eigenvalue weighted by atomic mass is 35.5. The number of hydrogen-bond donors (Lipinski definition) is 1. The molecule has 0 saturated carbocycles. The van der Waals surface area contributed by atoms with Gasteiger partial charge in [0, 0.05) is 42.5 Å². The molecule has 1 fully saturated rings. The lowest BCUT2D eigenvalue weighted by Crippen LogP contribution is -2.47. The van der Waals surface area contributed by atoms with Crippen molar-refractivity contribution in [2.24, 2.45) is 0 Å². The highest BCUT2D eigenvalue weighted by Crippen LogP contribution is 2.27. The van der Waals surface area contributed by atoms with E-state index in [0.717, 1.165) is 5.56 Å². The number of hydrogen-bond acceptors (Lipinski definition) is 4. The molecule has 0 unspecified atom stereocenters. The lowest BCUT2D eigenvalue weighted by molar-refractivity contribution is 0.102. The monoisotopic (exact) mass is 441 g/mol. The van der Waals surface area contributed by atoms with Crippen molar-refractivity contribution in [2.45, 2.75) is 11.8 Å². The summed E-state index contributed by atoms with van der Waals surface area (Å²) >= 11 is 12.3. The van der Waals surface area contributed by atoms with Crippen molar-refractivity contribution in [2.75, 3.05) is 38.5 Å². The smallest absolute Gasteiger partial charge is 0.255 e. The lowest BCUT2D eigenvalue weighted by Gasteiger charge is -2.31. The molecule has 0 radical (unpaired) electrons. The van der Waals surface area contributed by atoms with Gasteiger partial charge in [-0.2, -0.15) is 4.31 Å². The summed E-state index contributed by atoms with van der Waals surface area (Å²) in [4.78, 5) is 14.6. The predicted octanol–water partition coefficient (Wildman–Crippen LogP) is 3.49. The molecule has 1 saturated heterocycles. The number of carbonyl (C=O) groups excluding carboxylic acids is 1. The largest absolute Gasteiger partial charge is 0.322 e. The lowest BCUT2D eigenvalue weighted by atomic mass is 10.2. The summed E-state index contributed by atoms with van der Waals surface area (Å²) in [7, 11) is -1.84. The first-order chi connectivity index (χ1) is 13.2. The number of likely N-dealkylation sites (N-methyl/N-ethyl adjacent to an activating group) is 1. The van der Waals surface area contributed by atoms with E-state index in [4.69, 9.17) is 23.2 Å². The Kier molecular flexibility index (Phi) is 6.31. The zero-order valence-corrected chi connectivity index (χ0v) is 17.9. The van der Waals surface area contributed by atoms with Crippen LogP contribution in [0.1, 0.15) is 15.9 Å². The van der Waals surface area contributed by atoms with E-state index < -0.39 is 15.9 Å². The average molecular weight is 442 g/mol. The van der Waals surface area contributed by atoms with E-state index in [9.17, 15) is 13.2 Å². The molecule has 1 heterocycles. The van der Waals surface area contributed by atoms with Gasteiger partial charge < -0.3 is 10.2 Å². The molecule has 2 aromatic carbocycles. The Bertz CT molecular complexity index is 1000. The first-order valence-electron chi connectivity index (χ1n) is 8.74. The summed E-state index contributed by atoms with van der Waals surface area (Å²) in [5.74, 6) is -0.439. The Morgan fingerprint density at radius 2 is 1.68 bits per heavy atom. The molecule has 0 bridgehead atoms. The molecule has 1 aliphatic heterocycles. The number of sulfonamides is 1. The summed E-state index contributed by atoms with van der Waals surface area (Å²) < 4.78 is 27.4. The van der Waals surface area contributed by atoms with Crippen LogP contribution in [0.2, 0.25) is 10.0 Å². The third-order valence-electron chi connectivity index (χ3n) is 4.70. The number of nitrogens with one attached hydrogen (secondary N) is 1. The first kappa shape index (κ1) is 21.1. The predicted molar refractivity (Wildman–Crippen MR) is 112 cm³/mol. The normalized spacial score (nSPS) is 16.1. The van der Waals surface area contributed by atoms with Crippen molar-refractivity contribution in [1.29, 1.82) is 0 Å². The van der Waals surface area contributed by atoms with Crippen LogP contribution in [0.25, 0.3) is 0 Å². The molecular formula is C19H21Cl2N3O3S. The van der Waals surface area contributed by atoms with E-state index in [2.05, 4.69) is 10.2 Å². The van der Waals surface area contributed by atoms with E-state index in [-0.39, 0.29) is 15.5 Å². The number of carbonyl (C=O) groups is 1. The number of amides is 1. The first-order valence-corrected chi connectivity index (χ1v) is 10.9. The quantitative estimate of drug-likeness (QED) is 0.787. The summed E-state index contributed by atoms with van der Waals surface area (Å²) in [6.45, 7) is 3.92. The van der Waals surface area contributed by atoms with Gasteiger partial charge in [-0.3, -0.25) is 4.79 Å². The third-order valence-corrected chi connectivity index (χ3v) is 7.49. The Hall–Kier alpha value is -1.64. The van der Waals surface area contributed by atoms with Gasteiger partial charge >= 0.3 is 0 Å². The fourth-order valence-corrected chi connectivity index (χ4v) is 4.99. The fourth-order valence-electron chi connectivity index (χ4n) is 2.88. The molecule has 2 aromatic rings. The van der Waals surface area contributed by atoms with E-state index in [1.54, 1.807) is 18.2 Å². The second kappa shape index (κ2) is 8.39. The van der Waals surface area contributed by atoms with Crippen LogP contribution >= 0.6 is 23.2 Å². The molecule has 0 aromatic heterocycles. The van der Waals surface area contributed by atoms with Crippen molar-refractivity contribution < 1.29 is 13.2 Å². The van der Waals surface area contributed by atoms with Crippen molar-refractivity contribution in [3.63, 3.8) is 0 Å². The van der Waals surface area contributed by atoms with Gasteiger partial charge in [0.15, 0.2) is 0 Å².